The van der Waals surface area contributed by atoms with Gasteiger partial charge >= 0.3 is 5.97 Å². The van der Waals surface area contributed by atoms with Gasteiger partial charge in [0.1, 0.15) is 5.60 Å². The van der Waals surface area contributed by atoms with E-state index < -0.39 is 0 Å². The van der Waals surface area contributed by atoms with Crippen LogP contribution in [0.5, 0.6) is 0 Å². The monoisotopic (exact) mass is 158 g/mol. The van der Waals surface area contributed by atoms with Crippen LogP contribution in [0.1, 0.15) is 20.8 Å². The molecular weight excluding hydrogens is 144 g/mol. The first-order chi connectivity index (χ1) is 5.02. The third kappa shape index (κ3) is 1.25. The van der Waals surface area contributed by atoms with E-state index in [4.69, 9.17) is 4.74 Å². The van der Waals surface area contributed by atoms with Crippen molar-refractivity contribution in [3.05, 3.63) is 0 Å². The molecule has 0 spiro atoms. The zero-order valence-electron chi connectivity index (χ0n) is 7.38. The lowest BCUT2D eigenvalue weighted by Gasteiger charge is -2.08. The van der Waals surface area contributed by atoms with Gasteiger partial charge in [-0.1, -0.05) is 13.8 Å². The second kappa shape index (κ2) is 2.48. The molecule has 11 heavy (non-hydrogen) atoms. The highest BCUT2D eigenvalue weighted by atomic mass is 16.7. The molecule has 3 nitrogen and oxygen atoms in total. The Morgan fingerprint density at radius 1 is 1.64 bits per heavy atom. The first-order valence-corrected chi connectivity index (χ1v) is 3.78. The molecule has 0 aromatic rings. The Kier molecular flexibility index (Phi) is 1.92. The van der Waals surface area contributed by atoms with E-state index in [0.717, 1.165) is 0 Å². The molecule has 1 heterocycles. The van der Waals surface area contributed by atoms with Crippen molar-refractivity contribution >= 4 is 5.97 Å². The molecule has 1 aliphatic rings. The molecule has 2 unspecified atom stereocenters. The third-order valence-electron chi connectivity index (χ3n) is 2.40. The smallest absolute Gasteiger partial charge is 0.338 e. The lowest BCUT2D eigenvalue weighted by molar-refractivity contribution is -0.142. The summed E-state index contributed by atoms with van der Waals surface area (Å²) >= 11 is 0. The number of carbonyl (C=O) groups excluding carboxylic acids is 1. The maximum atomic E-state index is 10.9. The Labute approximate surface area is 66.7 Å². The third-order valence-corrected chi connectivity index (χ3v) is 2.40. The maximum absolute atomic E-state index is 10.9. The largest absolute Gasteiger partial charge is 0.467 e. The fraction of sp³-hybridized carbons (Fsp3) is 0.875. The van der Waals surface area contributed by atoms with Gasteiger partial charge in [-0.05, 0) is 12.8 Å². The molecule has 3 heteroatoms. The topological polar surface area (TPSA) is 38.8 Å². The second-order valence-corrected chi connectivity index (χ2v) is 3.36. The van der Waals surface area contributed by atoms with E-state index in [1.165, 1.54) is 7.11 Å². The average Bonchev–Trinajstić information content (AvgIpc) is 2.63. The molecule has 1 saturated heterocycles. The van der Waals surface area contributed by atoms with Crippen LogP contribution in [0, 0.1) is 5.92 Å². The number of methoxy groups -OCH3 is 1. The van der Waals surface area contributed by atoms with Crippen LogP contribution in [0.4, 0.5) is 0 Å². The summed E-state index contributed by atoms with van der Waals surface area (Å²) in [5, 5.41) is 0. The molecule has 0 radical (unpaired) electrons. The number of ether oxygens (including phenoxy) is 2. The van der Waals surface area contributed by atoms with E-state index in [2.05, 4.69) is 4.74 Å². The lowest BCUT2D eigenvalue weighted by atomic mass is 9.94. The van der Waals surface area contributed by atoms with Crippen LogP contribution in [0.25, 0.3) is 0 Å². The zero-order chi connectivity index (χ0) is 8.65. The predicted octanol–water partition coefficient (Wildman–Crippen LogP) is 0.973. The van der Waals surface area contributed by atoms with Crippen molar-refractivity contribution < 1.29 is 14.3 Å². The molecule has 1 aliphatic heterocycles. The van der Waals surface area contributed by atoms with E-state index in [0.29, 0.717) is 5.92 Å². The molecule has 0 aromatic carbocycles. The fourth-order valence-corrected chi connectivity index (χ4v) is 1.05. The van der Waals surface area contributed by atoms with Crippen molar-refractivity contribution in [1.82, 2.24) is 0 Å². The molecule has 0 saturated carbocycles. The summed E-state index contributed by atoms with van der Waals surface area (Å²) < 4.78 is 9.80. The highest BCUT2D eigenvalue weighted by Crippen LogP contribution is 2.42. The van der Waals surface area contributed by atoms with Crippen molar-refractivity contribution in [1.29, 1.82) is 0 Å². The quantitative estimate of drug-likeness (QED) is 0.444. The molecule has 0 amide bonds. The predicted molar refractivity (Wildman–Crippen MR) is 40.1 cm³/mol. The lowest BCUT2D eigenvalue weighted by Crippen LogP contribution is -2.23. The van der Waals surface area contributed by atoms with Crippen molar-refractivity contribution in [2.75, 3.05) is 7.11 Å². The van der Waals surface area contributed by atoms with Crippen LogP contribution < -0.4 is 0 Å². The summed E-state index contributed by atoms with van der Waals surface area (Å²) in [4.78, 5) is 10.9. The molecule has 2 atom stereocenters. The summed E-state index contributed by atoms with van der Waals surface area (Å²) in [6.07, 6.45) is -0.340. The summed E-state index contributed by atoms with van der Waals surface area (Å²) in [6.45, 7) is 5.99. The molecule has 0 aromatic heterocycles. The fourth-order valence-electron chi connectivity index (χ4n) is 1.05. The van der Waals surface area contributed by atoms with E-state index in [1.807, 2.05) is 20.8 Å². The minimum Gasteiger partial charge on any atom is -0.467 e. The molecule has 1 fully saturated rings. The van der Waals surface area contributed by atoms with Crippen molar-refractivity contribution in [3.63, 3.8) is 0 Å². The van der Waals surface area contributed by atoms with Crippen LogP contribution in [-0.2, 0) is 14.3 Å². The molecular formula is C8H14O3. The van der Waals surface area contributed by atoms with Crippen molar-refractivity contribution in [2.45, 2.75) is 32.5 Å². The SMILES string of the molecule is COC(=O)C1OC1(C)C(C)C. The first kappa shape index (κ1) is 8.53. The second-order valence-electron chi connectivity index (χ2n) is 3.36. The van der Waals surface area contributed by atoms with Gasteiger partial charge in [0.05, 0.1) is 7.11 Å². The summed E-state index contributed by atoms with van der Waals surface area (Å²) in [7, 11) is 1.38. The Hall–Kier alpha value is -0.570. The number of carbonyl (C=O) groups is 1. The minimum atomic E-state index is -0.340. The minimum absolute atomic E-state index is 0.263. The van der Waals surface area contributed by atoms with Gasteiger partial charge in [-0.3, -0.25) is 0 Å². The summed E-state index contributed by atoms with van der Waals surface area (Å²) in [5.41, 5.74) is -0.285. The number of hydrogen-bond acceptors (Lipinski definition) is 3. The van der Waals surface area contributed by atoms with Gasteiger partial charge in [0, 0.05) is 0 Å². The Bertz CT molecular complexity index is 176. The molecule has 0 aliphatic carbocycles. The number of epoxide rings is 1. The van der Waals surface area contributed by atoms with Crippen LogP contribution in [0.3, 0.4) is 0 Å². The number of rotatable bonds is 2. The summed E-state index contributed by atoms with van der Waals surface area (Å²) in [5.74, 6) is 0.0906. The van der Waals surface area contributed by atoms with E-state index in [9.17, 15) is 4.79 Å². The Balaban J connectivity index is 2.53. The zero-order valence-corrected chi connectivity index (χ0v) is 7.38. The number of esters is 1. The van der Waals surface area contributed by atoms with Crippen molar-refractivity contribution in [2.24, 2.45) is 5.92 Å². The maximum Gasteiger partial charge on any atom is 0.338 e. The highest BCUT2D eigenvalue weighted by molar-refractivity contribution is 5.79. The van der Waals surface area contributed by atoms with Crippen molar-refractivity contribution in [3.8, 4) is 0 Å². The van der Waals surface area contributed by atoms with Gasteiger partial charge in [-0.15, -0.1) is 0 Å². The van der Waals surface area contributed by atoms with Gasteiger partial charge in [0.25, 0.3) is 0 Å². The van der Waals surface area contributed by atoms with E-state index in [-0.39, 0.29) is 17.7 Å². The van der Waals surface area contributed by atoms with Gasteiger partial charge in [-0.25, -0.2) is 4.79 Å². The summed E-state index contributed by atoms with van der Waals surface area (Å²) in [6, 6.07) is 0. The Morgan fingerprint density at radius 3 is 2.45 bits per heavy atom. The normalized spacial score (nSPS) is 35.5. The van der Waals surface area contributed by atoms with Gasteiger partial charge in [0.2, 0.25) is 0 Å². The van der Waals surface area contributed by atoms with Gasteiger partial charge in [-0.2, -0.15) is 0 Å². The highest BCUT2D eigenvalue weighted by Gasteiger charge is 2.59. The number of hydrogen-bond donors (Lipinski definition) is 0. The van der Waals surface area contributed by atoms with Crippen LogP contribution in [0.15, 0.2) is 0 Å². The first-order valence-electron chi connectivity index (χ1n) is 3.78. The van der Waals surface area contributed by atoms with Gasteiger partial charge in [0.15, 0.2) is 6.10 Å². The van der Waals surface area contributed by atoms with Gasteiger partial charge < -0.3 is 9.47 Å². The molecule has 0 bridgehead atoms. The molecule has 64 valence electrons. The standard InChI is InChI=1S/C8H14O3/c1-5(2)8(3)6(11-8)7(9)10-4/h5-6H,1-4H3. The van der Waals surface area contributed by atoms with Crippen LogP contribution in [-0.4, -0.2) is 24.8 Å². The van der Waals surface area contributed by atoms with E-state index >= 15 is 0 Å². The van der Waals surface area contributed by atoms with Crippen LogP contribution in [0.2, 0.25) is 0 Å². The molecule has 0 N–H and O–H groups in total. The average molecular weight is 158 g/mol. The Morgan fingerprint density at radius 2 is 2.18 bits per heavy atom. The van der Waals surface area contributed by atoms with E-state index in [1.54, 1.807) is 0 Å². The molecule has 1 rings (SSSR count). The van der Waals surface area contributed by atoms with Crippen LogP contribution >= 0.6 is 0 Å².